The normalized spacial score (nSPS) is 17.8. The van der Waals surface area contributed by atoms with Crippen molar-refractivity contribution in [3.8, 4) is 5.88 Å². The highest BCUT2D eigenvalue weighted by Crippen LogP contribution is 2.47. The second kappa shape index (κ2) is 9.66. The van der Waals surface area contributed by atoms with Crippen LogP contribution in [0.15, 0.2) is 41.5 Å². The number of carbonyl (C=O) groups excluding carboxylic acids is 1. The minimum atomic E-state index is -0.759. The molecule has 33 heavy (non-hydrogen) atoms. The Labute approximate surface area is 193 Å². The Balaban J connectivity index is 2.12. The molecule has 0 spiro atoms. The average Bonchev–Trinajstić information content (AvgIpc) is 2.71. The third-order valence-corrected chi connectivity index (χ3v) is 5.37. The SMILES string of the molecule is CC1=Nc2ccnc(OC(C)C)c2C(c2cccc([N+](=O)[O-])c2)C1C(=O)OCC[N+](C)(C)C. The van der Waals surface area contributed by atoms with E-state index in [0.29, 0.717) is 39.4 Å². The number of pyridine rings is 1. The Kier molecular flexibility index (Phi) is 7.12. The van der Waals surface area contributed by atoms with Crippen LogP contribution in [0.3, 0.4) is 0 Å². The Morgan fingerprint density at radius 3 is 2.61 bits per heavy atom. The van der Waals surface area contributed by atoms with E-state index < -0.39 is 22.7 Å². The lowest BCUT2D eigenvalue weighted by molar-refractivity contribution is -0.870. The quantitative estimate of drug-likeness (QED) is 0.259. The van der Waals surface area contributed by atoms with Gasteiger partial charge in [0.05, 0.1) is 37.9 Å². The molecule has 176 valence electrons. The molecule has 1 aliphatic heterocycles. The van der Waals surface area contributed by atoms with Gasteiger partial charge in [0.15, 0.2) is 0 Å². The number of nitrogens with zero attached hydrogens (tertiary/aromatic N) is 4. The lowest BCUT2D eigenvalue weighted by Crippen LogP contribution is -2.39. The molecule has 9 nitrogen and oxygen atoms in total. The number of rotatable bonds is 8. The van der Waals surface area contributed by atoms with Crippen molar-refractivity contribution >= 4 is 23.1 Å². The molecule has 0 amide bonds. The van der Waals surface area contributed by atoms with E-state index in [1.54, 1.807) is 31.3 Å². The molecule has 1 aromatic heterocycles. The maximum absolute atomic E-state index is 13.3. The van der Waals surface area contributed by atoms with Crippen molar-refractivity contribution in [2.45, 2.75) is 32.8 Å². The van der Waals surface area contributed by atoms with Crippen molar-refractivity contribution in [3.63, 3.8) is 0 Å². The molecule has 0 fully saturated rings. The summed E-state index contributed by atoms with van der Waals surface area (Å²) in [6.07, 6.45) is 1.45. The van der Waals surface area contributed by atoms with Crippen molar-refractivity contribution in [3.05, 3.63) is 57.8 Å². The van der Waals surface area contributed by atoms with Gasteiger partial charge in [-0.15, -0.1) is 0 Å². The summed E-state index contributed by atoms with van der Waals surface area (Å²) in [6.45, 7) is 6.45. The van der Waals surface area contributed by atoms with E-state index in [1.807, 2.05) is 35.0 Å². The van der Waals surface area contributed by atoms with Gasteiger partial charge < -0.3 is 14.0 Å². The number of aliphatic imine (C=N–C) groups is 1. The monoisotopic (exact) mass is 455 g/mol. The molecule has 1 aliphatic rings. The summed E-state index contributed by atoms with van der Waals surface area (Å²) in [4.78, 5) is 33.4. The highest BCUT2D eigenvalue weighted by molar-refractivity contribution is 6.05. The predicted molar refractivity (Wildman–Crippen MR) is 125 cm³/mol. The van der Waals surface area contributed by atoms with Crippen molar-refractivity contribution in [1.29, 1.82) is 0 Å². The van der Waals surface area contributed by atoms with E-state index in [-0.39, 0.29) is 18.4 Å². The zero-order valence-electron chi connectivity index (χ0n) is 19.9. The molecule has 1 aromatic carbocycles. The molecule has 0 N–H and O–H groups in total. The summed E-state index contributed by atoms with van der Waals surface area (Å²) in [5, 5.41) is 11.5. The number of aromatic nitrogens is 1. The molecular formula is C24H31N4O5+. The van der Waals surface area contributed by atoms with Crippen LogP contribution >= 0.6 is 0 Å². The fraction of sp³-hybridized carbons (Fsp3) is 0.458. The smallest absolute Gasteiger partial charge is 0.315 e. The van der Waals surface area contributed by atoms with Gasteiger partial charge in [0.1, 0.15) is 19.1 Å². The molecule has 2 atom stereocenters. The minimum absolute atomic E-state index is 0.0541. The van der Waals surface area contributed by atoms with Crippen LogP contribution in [0.5, 0.6) is 5.88 Å². The lowest BCUT2D eigenvalue weighted by atomic mass is 9.76. The standard InChI is InChI=1S/C24H31N4O5/c1-15(2)33-23-22-19(10-11-25-23)26-16(3)20(24(29)32-13-12-28(4,5)6)21(22)17-8-7-9-18(14-17)27(30)31/h7-11,14-15,20-21H,12-13H2,1-6H3/q+1. The van der Waals surface area contributed by atoms with E-state index in [4.69, 9.17) is 9.47 Å². The first-order chi connectivity index (χ1) is 15.5. The largest absolute Gasteiger partial charge is 0.475 e. The molecule has 9 heteroatoms. The number of carbonyl (C=O) groups is 1. The molecule has 2 unspecified atom stereocenters. The number of non-ortho nitro benzene ring substituents is 1. The maximum Gasteiger partial charge on any atom is 0.315 e. The van der Waals surface area contributed by atoms with Crippen LogP contribution in [-0.2, 0) is 9.53 Å². The molecule has 0 aliphatic carbocycles. The third-order valence-electron chi connectivity index (χ3n) is 5.37. The Bertz CT molecular complexity index is 1070. The van der Waals surface area contributed by atoms with Gasteiger partial charge in [-0.2, -0.15) is 0 Å². The molecular weight excluding hydrogens is 424 g/mol. The van der Waals surface area contributed by atoms with Gasteiger partial charge in [-0.05, 0) is 32.4 Å². The summed E-state index contributed by atoms with van der Waals surface area (Å²) in [5.41, 5.74) is 2.39. The summed E-state index contributed by atoms with van der Waals surface area (Å²) in [5.74, 6) is -1.41. The van der Waals surface area contributed by atoms with E-state index in [9.17, 15) is 14.9 Å². The van der Waals surface area contributed by atoms with Gasteiger partial charge in [-0.3, -0.25) is 19.9 Å². The van der Waals surface area contributed by atoms with Crippen molar-refractivity contribution in [2.75, 3.05) is 34.3 Å². The lowest BCUT2D eigenvalue weighted by Gasteiger charge is -2.32. The van der Waals surface area contributed by atoms with Gasteiger partial charge in [0.25, 0.3) is 5.69 Å². The number of hydrogen-bond donors (Lipinski definition) is 0. The average molecular weight is 456 g/mol. The maximum atomic E-state index is 13.3. The fourth-order valence-corrected chi connectivity index (χ4v) is 3.83. The number of ether oxygens (including phenoxy) is 2. The number of benzene rings is 1. The highest BCUT2D eigenvalue weighted by Gasteiger charge is 2.41. The topological polar surface area (TPSA) is 104 Å². The van der Waals surface area contributed by atoms with Gasteiger partial charge in [0, 0.05) is 35.5 Å². The number of fused-ring (bicyclic) bond motifs is 1. The highest BCUT2D eigenvalue weighted by atomic mass is 16.6. The molecule has 0 radical (unpaired) electrons. The number of quaternary nitrogens is 1. The van der Waals surface area contributed by atoms with Crippen LogP contribution in [0.25, 0.3) is 0 Å². The Morgan fingerprint density at radius 2 is 1.97 bits per heavy atom. The van der Waals surface area contributed by atoms with Crippen molar-refractivity contribution < 1.29 is 23.7 Å². The Morgan fingerprint density at radius 1 is 1.24 bits per heavy atom. The number of esters is 1. The first-order valence-electron chi connectivity index (χ1n) is 10.9. The molecule has 2 heterocycles. The first-order valence-corrected chi connectivity index (χ1v) is 10.9. The zero-order valence-corrected chi connectivity index (χ0v) is 19.9. The first kappa shape index (κ1) is 24.3. The van der Waals surface area contributed by atoms with E-state index in [0.717, 1.165) is 0 Å². The second-order valence-corrected chi connectivity index (χ2v) is 9.46. The van der Waals surface area contributed by atoms with Crippen molar-refractivity contribution in [2.24, 2.45) is 10.9 Å². The van der Waals surface area contributed by atoms with Gasteiger partial charge in [-0.25, -0.2) is 4.98 Å². The van der Waals surface area contributed by atoms with Crippen molar-refractivity contribution in [1.82, 2.24) is 4.98 Å². The van der Waals surface area contributed by atoms with Gasteiger partial charge in [0.2, 0.25) is 5.88 Å². The van der Waals surface area contributed by atoms with E-state index >= 15 is 0 Å². The van der Waals surface area contributed by atoms with Gasteiger partial charge in [-0.1, -0.05) is 12.1 Å². The zero-order chi connectivity index (χ0) is 24.3. The summed E-state index contributed by atoms with van der Waals surface area (Å²) >= 11 is 0. The molecule has 0 saturated carbocycles. The summed E-state index contributed by atoms with van der Waals surface area (Å²) < 4.78 is 12.3. The number of likely N-dealkylation sites (N-methyl/N-ethyl adjacent to an activating group) is 1. The summed E-state index contributed by atoms with van der Waals surface area (Å²) in [7, 11) is 6.06. The number of hydrogen-bond acceptors (Lipinski definition) is 7. The van der Waals surface area contributed by atoms with Crippen LogP contribution < -0.4 is 4.74 Å². The van der Waals surface area contributed by atoms with Crippen LogP contribution in [0.4, 0.5) is 11.4 Å². The van der Waals surface area contributed by atoms with Crippen LogP contribution in [0.2, 0.25) is 0 Å². The number of nitro benzene ring substituents is 1. The molecule has 2 aromatic rings. The predicted octanol–water partition coefficient (Wildman–Crippen LogP) is 3.88. The Hall–Kier alpha value is -3.33. The minimum Gasteiger partial charge on any atom is -0.475 e. The second-order valence-electron chi connectivity index (χ2n) is 9.46. The van der Waals surface area contributed by atoms with E-state index in [2.05, 4.69) is 9.98 Å². The molecule has 0 saturated heterocycles. The van der Waals surface area contributed by atoms with E-state index in [1.165, 1.54) is 12.1 Å². The van der Waals surface area contributed by atoms with Crippen LogP contribution in [-0.4, -0.2) is 66.5 Å². The van der Waals surface area contributed by atoms with Crippen LogP contribution in [0, 0.1) is 16.0 Å². The fourth-order valence-electron chi connectivity index (χ4n) is 3.83. The molecule has 3 rings (SSSR count). The van der Waals surface area contributed by atoms with Crippen LogP contribution in [0.1, 0.15) is 37.8 Å². The third kappa shape index (κ3) is 5.73. The molecule has 0 bridgehead atoms. The number of nitro groups is 1. The van der Waals surface area contributed by atoms with Gasteiger partial charge >= 0.3 is 5.97 Å². The summed E-state index contributed by atoms with van der Waals surface area (Å²) in [6, 6.07) is 8.07.